The van der Waals surface area contributed by atoms with Crippen LogP contribution < -0.4 is 4.72 Å². The molecule has 28 heavy (non-hydrogen) atoms. The van der Waals surface area contributed by atoms with Gasteiger partial charge in [-0.15, -0.1) is 0 Å². The molecule has 0 bridgehead atoms. The van der Waals surface area contributed by atoms with Crippen molar-refractivity contribution in [1.82, 2.24) is 13.9 Å². The Hall–Kier alpha value is -1.04. The first-order valence-corrected chi connectivity index (χ1v) is 12.7. The molecule has 2 saturated heterocycles. The van der Waals surface area contributed by atoms with Gasteiger partial charge in [-0.2, -0.15) is 4.31 Å². The van der Waals surface area contributed by atoms with Gasteiger partial charge in [0.25, 0.3) is 0 Å². The predicted octanol–water partition coefficient (Wildman–Crippen LogP) is 0.860. The minimum absolute atomic E-state index is 0.0874. The molecular formula is C18H29N3O5S2. The molecule has 3 rings (SSSR count). The van der Waals surface area contributed by atoms with Crippen molar-refractivity contribution in [2.24, 2.45) is 0 Å². The first kappa shape index (κ1) is 21.7. The minimum atomic E-state index is -3.67. The Kier molecular flexibility index (Phi) is 7.11. The van der Waals surface area contributed by atoms with Crippen molar-refractivity contribution in [3.05, 3.63) is 24.3 Å². The van der Waals surface area contributed by atoms with Gasteiger partial charge in [0.1, 0.15) is 0 Å². The SMILES string of the molecule is CCCN1CCC(NS(=O)(=O)c2ccc(S(=O)(=O)N3CCOCC3)cc2)CC1. The van der Waals surface area contributed by atoms with Gasteiger partial charge in [0.05, 0.1) is 23.0 Å². The first-order valence-electron chi connectivity index (χ1n) is 9.75. The molecule has 1 aromatic carbocycles. The van der Waals surface area contributed by atoms with Crippen LogP contribution in [0.3, 0.4) is 0 Å². The number of sulfonamides is 2. The van der Waals surface area contributed by atoms with E-state index < -0.39 is 20.0 Å². The summed E-state index contributed by atoms with van der Waals surface area (Å²) in [6.07, 6.45) is 2.65. The van der Waals surface area contributed by atoms with Gasteiger partial charge in [0.2, 0.25) is 20.0 Å². The first-order chi connectivity index (χ1) is 13.3. The summed E-state index contributed by atoms with van der Waals surface area (Å²) >= 11 is 0. The van der Waals surface area contributed by atoms with E-state index in [1.807, 2.05) is 0 Å². The molecule has 1 N–H and O–H groups in total. The Bertz CT molecular complexity index is 842. The largest absolute Gasteiger partial charge is 0.379 e. The highest BCUT2D eigenvalue weighted by molar-refractivity contribution is 7.89. The van der Waals surface area contributed by atoms with E-state index >= 15 is 0 Å². The van der Waals surface area contributed by atoms with E-state index in [1.54, 1.807) is 0 Å². The lowest BCUT2D eigenvalue weighted by Crippen LogP contribution is -2.44. The van der Waals surface area contributed by atoms with Gasteiger partial charge >= 0.3 is 0 Å². The van der Waals surface area contributed by atoms with E-state index in [1.165, 1.54) is 28.6 Å². The molecular weight excluding hydrogens is 402 g/mol. The summed E-state index contributed by atoms with van der Waals surface area (Å²) in [7, 11) is -7.30. The van der Waals surface area contributed by atoms with Crippen LogP contribution in [-0.4, -0.2) is 78.0 Å². The Morgan fingerprint density at radius 1 is 0.964 bits per heavy atom. The molecule has 8 nitrogen and oxygen atoms in total. The van der Waals surface area contributed by atoms with E-state index in [-0.39, 0.29) is 15.8 Å². The molecule has 2 fully saturated rings. The second-order valence-corrected chi connectivity index (χ2v) is 10.9. The van der Waals surface area contributed by atoms with E-state index in [2.05, 4.69) is 16.5 Å². The summed E-state index contributed by atoms with van der Waals surface area (Å²) in [5.74, 6) is 0. The molecule has 0 spiro atoms. The van der Waals surface area contributed by atoms with Crippen LogP contribution in [0.2, 0.25) is 0 Å². The third kappa shape index (κ3) is 5.11. The molecule has 0 unspecified atom stereocenters. The number of piperidine rings is 1. The molecule has 1 aromatic rings. The maximum Gasteiger partial charge on any atom is 0.243 e. The Morgan fingerprint density at radius 3 is 2.11 bits per heavy atom. The molecule has 0 aliphatic carbocycles. The highest BCUT2D eigenvalue weighted by Crippen LogP contribution is 2.20. The fourth-order valence-electron chi connectivity index (χ4n) is 3.60. The van der Waals surface area contributed by atoms with Crippen LogP contribution in [0, 0.1) is 0 Å². The zero-order chi connectivity index (χ0) is 20.2. The summed E-state index contributed by atoms with van der Waals surface area (Å²) < 4.78 is 60.0. The molecule has 0 saturated carbocycles. The molecule has 158 valence electrons. The average molecular weight is 432 g/mol. The summed E-state index contributed by atoms with van der Waals surface area (Å²) in [5.41, 5.74) is 0. The molecule has 10 heteroatoms. The maximum atomic E-state index is 12.7. The number of hydrogen-bond acceptors (Lipinski definition) is 6. The lowest BCUT2D eigenvalue weighted by molar-refractivity contribution is 0.0730. The standard InChI is InChI=1S/C18H29N3O5S2/c1-2-9-20-10-7-16(8-11-20)19-27(22,23)17-3-5-18(6-4-17)28(24,25)21-12-14-26-15-13-21/h3-6,16,19H,2,7-15H2,1H3. The highest BCUT2D eigenvalue weighted by Gasteiger charge is 2.28. The second-order valence-electron chi connectivity index (χ2n) is 7.23. The molecule has 2 aliphatic rings. The lowest BCUT2D eigenvalue weighted by Gasteiger charge is -2.31. The molecule has 2 heterocycles. The number of likely N-dealkylation sites (tertiary alicyclic amines) is 1. The number of benzene rings is 1. The average Bonchev–Trinajstić information content (AvgIpc) is 2.70. The summed E-state index contributed by atoms with van der Waals surface area (Å²) in [4.78, 5) is 2.53. The fraction of sp³-hybridized carbons (Fsp3) is 0.667. The number of morpholine rings is 1. The third-order valence-electron chi connectivity index (χ3n) is 5.19. The number of ether oxygens (including phenoxy) is 1. The van der Waals surface area contributed by atoms with Crippen LogP contribution in [0.1, 0.15) is 26.2 Å². The van der Waals surface area contributed by atoms with Crippen LogP contribution in [0.15, 0.2) is 34.1 Å². The van der Waals surface area contributed by atoms with Crippen molar-refractivity contribution in [3.8, 4) is 0 Å². The van der Waals surface area contributed by atoms with Crippen molar-refractivity contribution < 1.29 is 21.6 Å². The van der Waals surface area contributed by atoms with E-state index in [9.17, 15) is 16.8 Å². The van der Waals surface area contributed by atoms with E-state index in [0.717, 1.165) is 38.9 Å². The molecule has 2 aliphatic heterocycles. The van der Waals surface area contributed by atoms with Gasteiger partial charge in [0.15, 0.2) is 0 Å². The fourth-order valence-corrected chi connectivity index (χ4v) is 6.32. The van der Waals surface area contributed by atoms with Crippen LogP contribution in [0.5, 0.6) is 0 Å². The lowest BCUT2D eigenvalue weighted by atomic mass is 10.1. The molecule has 0 aromatic heterocycles. The zero-order valence-electron chi connectivity index (χ0n) is 16.2. The summed E-state index contributed by atoms with van der Waals surface area (Å²) in [6, 6.07) is 5.37. The Morgan fingerprint density at radius 2 is 1.54 bits per heavy atom. The molecule has 0 radical (unpaired) electrons. The van der Waals surface area contributed by atoms with Crippen molar-refractivity contribution in [1.29, 1.82) is 0 Å². The Labute approximate surface area is 168 Å². The number of rotatable bonds is 7. The molecule has 0 amide bonds. The van der Waals surface area contributed by atoms with Gasteiger partial charge < -0.3 is 9.64 Å². The number of nitrogens with zero attached hydrogens (tertiary/aromatic N) is 2. The normalized spacial score (nSPS) is 21.0. The van der Waals surface area contributed by atoms with Crippen LogP contribution >= 0.6 is 0 Å². The van der Waals surface area contributed by atoms with Gasteiger partial charge in [-0.3, -0.25) is 0 Å². The topological polar surface area (TPSA) is 96.0 Å². The van der Waals surface area contributed by atoms with Gasteiger partial charge in [0, 0.05) is 19.1 Å². The van der Waals surface area contributed by atoms with E-state index in [4.69, 9.17) is 4.74 Å². The van der Waals surface area contributed by atoms with Crippen LogP contribution in [0.4, 0.5) is 0 Å². The Balaban J connectivity index is 1.65. The predicted molar refractivity (Wildman–Crippen MR) is 106 cm³/mol. The monoisotopic (exact) mass is 431 g/mol. The van der Waals surface area contributed by atoms with Gasteiger partial charge in [-0.25, -0.2) is 21.6 Å². The summed E-state index contributed by atoms with van der Waals surface area (Å²) in [5, 5.41) is 0. The maximum absolute atomic E-state index is 12.7. The second kappa shape index (κ2) is 9.19. The number of nitrogens with one attached hydrogen (secondary N) is 1. The van der Waals surface area contributed by atoms with Crippen LogP contribution in [-0.2, 0) is 24.8 Å². The van der Waals surface area contributed by atoms with Crippen molar-refractivity contribution >= 4 is 20.0 Å². The van der Waals surface area contributed by atoms with Crippen molar-refractivity contribution in [2.75, 3.05) is 45.9 Å². The third-order valence-corrected chi connectivity index (χ3v) is 8.64. The smallest absolute Gasteiger partial charge is 0.243 e. The van der Waals surface area contributed by atoms with Crippen molar-refractivity contribution in [2.45, 2.75) is 42.0 Å². The minimum Gasteiger partial charge on any atom is -0.379 e. The van der Waals surface area contributed by atoms with Crippen LogP contribution in [0.25, 0.3) is 0 Å². The number of hydrogen-bond donors (Lipinski definition) is 1. The highest BCUT2D eigenvalue weighted by atomic mass is 32.2. The zero-order valence-corrected chi connectivity index (χ0v) is 17.8. The quantitative estimate of drug-likeness (QED) is 0.688. The van der Waals surface area contributed by atoms with E-state index in [0.29, 0.717) is 26.3 Å². The van der Waals surface area contributed by atoms with Gasteiger partial charge in [-0.1, -0.05) is 6.92 Å². The summed E-state index contributed by atoms with van der Waals surface area (Å²) in [6.45, 7) is 6.30. The van der Waals surface area contributed by atoms with Crippen molar-refractivity contribution in [3.63, 3.8) is 0 Å². The molecule has 0 atom stereocenters. The van der Waals surface area contributed by atoms with Gasteiger partial charge in [-0.05, 0) is 63.2 Å².